The van der Waals surface area contributed by atoms with Crippen molar-refractivity contribution in [2.75, 3.05) is 0 Å². The number of alkyl carbamates (subject to hydrolysis) is 1. The number of amides is 1. The minimum atomic E-state index is -1.20. The molecule has 2 unspecified atom stereocenters. The molecular weight excluding hydrogens is 270 g/mol. The van der Waals surface area contributed by atoms with E-state index in [2.05, 4.69) is 5.32 Å². The lowest BCUT2D eigenvalue weighted by Gasteiger charge is -2.39. The SMILES string of the molecule is CC1CCCCC1(NC(=O)OCc1ccccc1)C(=O)O. The van der Waals surface area contributed by atoms with Crippen LogP contribution in [0.5, 0.6) is 0 Å². The Morgan fingerprint density at radius 3 is 2.67 bits per heavy atom. The van der Waals surface area contributed by atoms with Gasteiger partial charge in [0.1, 0.15) is 12.1 Å². The molecule has 21 heavy (non-hydrogen) atoms. The van der Waals surface area contributed by atoms with Gasteiger partial charge in [0.15, 0.2) is 0 Å². The number of carboxylic acids is 1. The smallest absolute Gasteiger partial charge is 0.408 e. The van der Waals surface area contributed by atoms with E-state index in [-0.39, 0.29) is 12.5 Å². The van der Waals surface area contributed by atoms with Crippen molar-refractivity contribution >= 4 is 12.1 Å². The molecule has 5 heteroatoms. The Morgan fingerprint density at radius 2 is 2.05 bits per heavy atom. The molecule has 0 heterocycles. The Bertz CT molecular complexity index is 502. The molecule has 114 valence electrons. The van der Waals surface area contributed by atoms with Gasteiger partial charge in [0.25, 0.3) is 0 Å². The number of hydrogen-bond acceptors (Lipinski definition) is 3. The molecule has 0 aliphatic heterocycles. The molecule has 1 aliphatic carbocycles. The highest BCUT2D eigenvalue weighted by atomic mass is 16.5. The fourth-order valence-electron chi connectivity index (χ4n) is 2.85. The number of rotatable bonds is 4. The molecule has 1 aliphatic rings. The van der Waals surface area contributed by atoms with Gasteiger partial charge in [-0.05, 0) is 24.3 Å². The van der Waals surface area contributed by atoms with Crippen LogP contribution in [0.25, 0.3) is 0 Å². The minimum absolute atomic E-state index is 0.104. The molecule has 0 spiro atoms. The highest BCUT2D eigenvalue weighted by molar-refractivity contribution is 5.84. The van der Waals surface area contributed by atoms with E-state index in [4.69, 9.17) is 4.74 Å². The summed E-state index contributed by atoms with van der Waals surface area (Å²) in [6.45, 7) is 2.00. The molecule has 2 N–H and O–H groups in total. The molecule has 1 saturated carbocycles. The lowest BCUT2D eigenvalue weighted by Crippen LogP contribution is -2.60. The molecule has 1 aromatic carbocycles. The number of hydrogen-bond donors (Lipinski definition) is 2. The van der Waals surface area contributed by atoms with Gasteiger partial charge < -0.3 is 15.2 Å². The van der Waals surface area contributed by atoms with Gasteiger partial charge in [-0.1, -0.05) is 50.1 Å². The molecule has 0 aromatic heterocycles. The van der Waals surface area contributed by atoms with E-state index in [9.17, 15) is 14.7 Å². The van der Waals surface area contributed by atoms with Crippen LogP contribution in [-0.2, 0) is 16.1 Å². The van der Waals surface area contributed by atoms with Crippen LogP contribution >= 0.6 is 0 Å². The average Bonchev–Trinajstić information content (AvgIpc) is 2.48. The van der Waals surface area contributed by atoms with Crippen molar-refractivity contribution in [1.82, 2.24) is 5.32 Å². The fourth-order valence-corrected chi connectivity index (χ4v) is 2.85. The lowest BCUT2D eigenvalue weighted by molar-refractivity contribution is -0.148. The van der Waals surface area contributed by atoms with Gasteiger partial charge in [0.05, 0.1) is 0 Å². The van der Waals surface area contributed by atoms with Gasteiger partial charge in [-0.15, -0.1) is 0 Å². The second-order valence-corrected chi connectivity index (χ2v) is 5.61. The standard InChI is InChI=1S/C16H21NO4/c1-12-7-5-6-10-16(12,14(18)19)17-15(20)21-11-13-8-3-2-4-9-13/h2-4,8-9,12H,5-7,10-11H2,1H3,(H,17,20)(H,18,19). The van der Waals surface area contributed by atoms with E-state index in [0.717, 1.165) is 24.8 Å². The molecule has 2 rings (SSSR count). The number of nitrogens with one attached hydrogen (secondary N) is 1. The molecule has 5 nitrogen and oxygen atoms in total. The highest BCUT2D eigenvalue weighted by Gasteiger charge is 2.46. The largest absolute Gasteiger partial charge is 0.479 e. The molecule has 1 amide bonds. The zero-order valence-corrected chi connectivity index (χ0v) is 12.2. The number of carbonyl (C=O) groups excluding carboxylic acids is 1. The average molecular weight is 291 g/mol. The van der Waals surface area contributed by atoms with Crippen molar-refractivity contribution in [3.63, 3.8) is 0 Å². The maximum atomic E-state index is 11.9. The van der Waals surface area contributed by atoms with Crippen LogP contribution in [0.1, 0.15) is 38.2 Å². The summed E-state index contributed by atoms with van der Waals surface area (Å²) < 4.78 is 5.14. The van der Waals surface area contributed by atoms with Crippen LogP contribution in [0.2, 0.25) is 0 Å². The first-order valence-corrected chi connectivity index (χ1v) is 7.27. The Kier molecular flexibility index (Phi) is 4.83. The van der Waals surface area contributed by atoms with Gasteiger partial charge >= 0.3 is 12.1 Å². The van der Waals surface area contributed by atoms with Gasteiger partial charge in [-0.2, -0.15) is 0 Å². The van der Waals surface area contributed by atoms with E-state index in [1.54, 1.807) is 0 Å². The van der Waals surface area contributed by atoms with Crippen molar-refractivity contribution in [3.05, 3.63) is 35.9 Å². The maximum absolute atomic E-state index is 11.9. The molecule has 0 saturated heterocycles. The van der Waals surface area contributed by atoms with Crippen LogP contribution in [0.3, 0.4) is 0 Å². The van der Waals surface area contributed by atoms with E-state index in [1.807, 2.05) is 37.3 Å². The van der Waals surface area contributed by atoms with E-state index >= 15 is 0 Å². The molecule has 0 radical (unpaired) electrons. The van der Waals surface area contributed by atoms with Crippen molar-refractivity contribution in [2.45, 2.75) is 44.8 Å². The third kappa shape index (κ3) is 3.54. The van der Waals surface area contributed by atoms with Gasteiger partial charge in [0.2, 0.25) is 0 Å². The minimum Gasteiger partial charge on any atom is -0.479 e. The van der Waals surface area contributed by atoms with Crippen molar-refractivity contribution in [3.8, 4) is 0 Å². The summed E-state index contributed by atoms with van der Waals surface area (Å²) in [6, 6.07) is 9.30. The number of carbonyl (C=O) groups is 2. The second kappa shape index (κ2) is 6.61. The summed E-state index contributed by atoms with van der Waals surface area (Å²) in [5, 5.41) is 12.1. The molecule has 0 bridgehead atoms. The normalized spacial score (nSPS) is 25.1. The zero-order chi connectivity index (χ0) is 15.3. The second-order valence-electron chi connectivity index (χ2n) is 5.61. The topological polar surface area (TPSA) is 75.6 Å². The van der Waals surface area contributed by atoms with Gasteiger partial charge in [-0.25, -0.2) is 9.59 Å². The number of benzene rings is 1. The van der Waals surface area contributed by atoms with Crippen molar-refractivity contribution in [1.29, 1.82) is 0 Å². The third-order valence-electron chi connectivity index (χ3n) is 4.22. The predicted octanol–water partition coefficient (Wildman–Crippen LogP) is 2.95. The predicted molar refractivity (Wildman–Crippen MR) is 77.8 cm³/mol. The highest BCUT2D eigenvalue weighted by Crippen LogP contribution is 2.34. The Labute approximate surface area is 124 Å². The summed E-state index contributed by atoms with van der Waals surface area (Å²) in [4.78, 5) is 23.6. The number of ether oxygens (including phenoxy) is 1. The van der Waals surface area contributed by atoms with Crippen LogP contribution in [0, 0.1) is 5.92 Å². The van der Waals surface area contributed by atoms with Crippen LogP contribution in [0.15, 0.2) is 30.3 Å². The van der Waals surface area contributed by atoms with Gasteiger partial charge in [-0.3, -0.25) is 0 Å². The Morgan fingerprint density at radius 1 is 1.33 bits per heavy atom. The summed E-state index contributed by atoms with van der Waals surface area (Å²) in [7, 11) is 0. The molecule has 1 aromatic rings. The zero-order valence-electron chi connectivity index (χ0n) is 12.2. The third-order valence-corrected chi connectivity index (χ3v) is 4.22. The Balaban J connectivity index is 1.97. The lowest BCUT2D eigenvalue weighted by atomic mass is 9.73. The van der Waals surface area contributed by atoms with Crippen LogP contribution < -0.4 is 5.32 Å². The molecular formula is C16H21NO4. The molecule has 1 fully saturated rings. The first kappa shape index (κ1) is 15.4. The summed E-state index contributed by atoms with van der Waals surface area (Å²) in [5.41, 5.74) is -0.333. The summed E-state index contributed by atoms with van der Waals surface area (Å²) in [6.07, 6.45) is 2.37. The summed E-state index contributed by atoms with van der Waals surface area (Å²) in [5.74, 6) is -1.08. The van der Waals surface area contributed by atoms with Crippen LogP contribution in [0.4, 0.5) is 4.79 Å². The first-order valence-electron chi connectivity index (χ1n) is 7.27. The maximum Gasteiger partial charge on any atom is 0.408 e. The van der Waals surface area contributed by atoms with Crippen molar-refractivity contribution in [2.24, 2.45) is 5.92 Å². The fraction of sp³-hybridized carbons (Fsp3) is 0.500. The van der Waals surface area contributed by atoms with Crippen molar-refractivity contribution < 1.29 is 19.4 Å². The number of carboxylic acid groups (broad SMARTS) is 1. The quantitative estimate of drug-likeness (QED) is 0.894. The Hall–Kier alpha value is -2.04. The molecule has 2 atom stereocenters. The van der Waals surface area contributed by atoms with Gasteiger partial charge in [0, 0.05) is 0 Å². The monoisotopic (exact) mass is 291 g/mol. The van der Waals surface area contributed by atoms with E-state index in [0.29, 0.717) is 6.42 Å². The first-order chi connectivity index (χ1) is 10.0. The van der Waals surface area contributed by atoms with E-state index in [1.165, 1.54) is 0 Å². The number of aliphatic carboxylic acids is 1. The summed E-state index contributed by atoms with van der Waals surface area (Å²) >= 11 is 0. The van der Waals surface area contributed by atoms with Crippen LogP contribution in [-0.4, -0.2) is 22.7 Å². The van der Waals surface area contributed by atoms with E-state index < -0.39 is 17.6 Å².